The van der Waals surface area contributed by atoms with E-state index >= 15 is 4.79 Å². The molecular weight excluding hydrogens is 1160 g/mol. The molecule has 5 heterocycles. The molecule has 27 nitrogen and oxygen atoms in total. The average molecular weight is 1250 g/mol. The highest BCUT2D eigenvalue weighted by atomic mass is 16.7. The van der Waals surface area contributed by atoms with Gasteiger partial charge in [0.2, 0.25) is 6.29 Å². The van der Waals surface area contributed by atoms with Crippen LogP contribution in [0.2, 0.25) is 0 Å². The summed E-state index contributed by atoms with van der Waals surface area (Å²) in [7, 11) is 2.65. The molecule has 25 atom stereocenters. The summed E-state index contributed by atoms with van der Waals surface area (Å²) in [6, 6.07) is 3.04. The fourth-order valence-corrected chi connectivity index (χ4v) is 13.0. The third kappa shape index (κ3) is 15.2. The van der Waals surface area contributed by atoms with Crippen LogP contribution in [-0.2, 0) is 91.9 Å². The van der Waals surface area contributed by atoms with Gasteiger partial charge in [-0.1, -0.05) is 6.92 Å². The van der Waals surface area contributed by atoms with Crippen LogP contribution >= 0.6 is 0 Å². The second-order valence-electron chi connectivity index (χ2n) is 24.3. The minimum absolute atomic E-state index is 0.0122. The van der Waals surface area contributed by atoms with Gasteiger partial charge >= 0.3 is 17.9 Å². The molecule has 5 fully saturated rings. The summed E-state index contributed by atoms with van der Waals surface area (Å²) in [5, 5.41) is 80.7. The molecule has 88 heavy (non-hydrogen) atoms. The van der Waals surface area contributed by atoms with E-state index in [0.717, 1.165) is 0 Å². The molecule has 0 amide bonds. The summed E-state index contributed by atoms with van der Waals surface area (Å²) >= 11 is 0. The number of hydrogen-bond donors (Lipinski definition) is 7. The van der Waals surface area contributed by atoms with Gasteiger partial charge in [0.05, 0.1) is 59.8 Å². The number of ketones is 2. The number of carbonyl (C=O) groups is 5. The number of esters is 3. The van der Waals surface area contributed by atoms with Crippen molar-refractivity contribution in [3.63, 3.8) is 0 Å². The van der Waals surface area contributed by atoms with Crippen LogP contribution in [-0.4, -0.2) is 226 Å². The Bertz CT molecular complexity index is 2780. The van der Waals surface area contributed by atoms with Crippen LogP contribution in [0.3, 0.4) is 0 Å². The highest BCUT2D eigenvalue weighted by molar-refractivity contribution is 6.11. The van der Waals surface area contributed by atoms with Crippen LogP contribution in [0.25, 0.3) is 10.8 Å². The number of Topliss-reactive ketones (excluding diaryl/α,β-unsaturated/α-hetero) is 2. The van der Waals surface area contributed by atoms with Gasteiger partial charge in [-0.15, -0.1) is 0 Å². The average Bonchev–Trinajstić information content (AvgIpc) is 0.761. The molecule has 5 aliphatic heterocycles. The minimum Gasteiger partial charge on any atom is -0.507 e. The van der Waals surface area contributed by atoms with Crippen molar-refractivity contribution >= 4 is 40.2 Å². The molecule has 2 aromatic rings. The summed E-state index contributed by atoms with van der Waals surface area (Å²) in [5.74, 6) is -6.07. The smallest absolute Gasteiger partial charge is 0.306 e. The lowest BCUT2D eigenvalue weighted by atomic mass is 9.75. The van der Waals surface area contributed by atoms with Crippen LogP contribution in [0.1, 0.15) is 136 Å². The summed E-state index contributed by atoms with van der Waals surface area (Å²) in [6.45, 7) is 16.7. The Kier molecular flexibility index (Phi) is 22.6. The normalized spacial score (nSPS) is 38.1. The number of rotatable bonds is 21. The van der Waals surface area contributed by atoms with Crippen LogP contribution in [0.5, 0.6) is 17.2 Å². The summed E-state index contributed by atoms with van der Waals surface area (Å²) in [6.07, 6.45) is -25.6. The molecule has 0 bridgehead atoms. The van der Waals surface area contributed by atoms with E-state index in [1.54, 1.807) is 34.6 Å². The van der Waals surface area contributed by atoms with Crippen molar-refractivity contribution in [2.75, 3.05) is 14.2 Å². The first-order valence-corrected chi connectivity index (χ1v) is 30.1. The van der Waals surface area contributed by atoms with Crippen LogP contribution in [0, 0.1) is 12.8 Å². The molecule has 5 saturated heterocycles. The number of fused-ring (bicyclic) bond motifs is 2. The molecule has 27 heteroatoms. The van der Waals surface area contributed by atoms with Crippen LogP contribution in [0.15, 0.2) is 12.1 Å². The lowest BCUT2D eigenvalue weighted by molar-refractivity contribution is -0.334. The van der Waals surface area contributed by atoms with E-state index < -0.39 is 194 Å². The third-order valence-electron chi connectivity index (χ3n) is 17.4. The largest absolute Gasteiger partial charge is 0.507 e. The Morgan fingerprint density at radius 1 is 0.716 bits per heavy atom. The number of phenols is 2. The van der Waals surface area contributed by atoms with Crippen LogP contribution in [0.4, 0.5) is 0 Å². The molecule has 0 unspecified atom stereocenters. The monoisotopic (exact) mass is 1250 g/mol. The fraction of sp³-hybridized carbons (Fsp3) is 0.754. The van der Waals surface area contributed by atoms with E-state index in [0.29, 0.717) is 6.42 Å². The van der Waals surface area contributed by atoms with E-state index in [-0.39, 0.29) is 78.2 Å². The Labute approximate surface area is 510 Å². The van der Waals surface area contributed by atoms with Gasteiger partial charge in [-0.05, 0) is 91.3 Å². The molecule has 0 saturated carbocycles. The summed E-state index contributed by atoms with van der Waals surface area (Å²) in [4.78, 5) is 66.5. The molecule has 0 spiro atoms. The number of carbonyl (C=O) groups excluding carboxylic acids is 5. The lowest BCUT2D eigenvalue weighted by Gasteiger charge is -2.46. The molecule has 0 radical (unpaired) electrons. The zero-order chi connectivity index (χ0) is 64.5. The van der Waals surface area contributed by atoms with E-state index in [4.69, 9.17) is 71.1 Å². The quantitative estimate of drug-likeness (QED) is 0.0698. The maximum atomic E-state index is 15.3. The first-order valence-electron chi connectivity index (χ1n) is 30.1. The topological polar surface area (TPSA) is 365 Å². The van der Waals surface area contributed by atoms with E-state index in [9.17, 15) is 54.9 Å². The van der Waals surface area contributed by atoms with E-state index in [2.05, 4.69) is 0 Å². The van der Waals surface area contributed by atoms with Gasteiger partial charge in [0.15, 0.2) is 55.0 Å². The molecule has 6 aliphatic rings. The maximum Gasteiger partial charge on any atom is 0.306 e. The van der Waals surface area contributed by atoms with Crippen molar-refractivity contribution in [3.05, 3.63) is 28.8 Å². The zero-order valence-corrected chi connectivity index (χ0v) is 52.0. The lowest BCUT2D eigenvalue weighted by Crippen LogP contribution is -2.59. The summed E-state index contributed by atoms with van der Waals surface area (Å²) in [5.41, 5.74) is -1.56. The highest BCUT2D eigenvalue weighted by Gasteiger charge is 2.53. The van der Waals surface area contributed by atoms with Crippen molar-refractivity contribution in [1.82, 2.24) is 0 Å². The molecule has 1 aliphatic carbocycles. The third-order valence-corrected chi connectivity index (χ3v) is 17.4. The van der Waals surface area contributed by atoms with Gasteiger partial charge in [0.1, 0.15) is 65.6 Å². The molecule has 2 aromatic carbocycles. The Morgan fingerprint density at radius 3 is 1.84 bits per heavy atom. The number of benzene rings is 2. The van der Waals surface area contributed by atoms with Crippen molar-refractivity contribution in [2.45, 2.75) is 274 Å². The summed E-state index contributed by atoms with van der Waals surface area (Å²) < 4.78 is 90.1. The molecule has 0 aromatic heterocycles. The van der Waals surface area contributed by atoms with E-state index in [1.165, 1.54) is 67.9 Å². The molecule has 8 rings (SSSR count). The standard InChI is InChI=1S/C61H88O27/c1-14-15-41(65)76-27(5)52(69)55(72)58(75-13)35-17-33-16-34-18-37(84-44-22-40(57(29(7)80-44)82-31(9)62)87-42-19-36(64)56(74-12)28(6)79-42)24(2)49(66)47(34)53(70)48(33)54(71)59(35)88-45-21-38(50(67)26(4)78-45)85-43-20-39(51(68)25(3)77-43)86-46-23-61(11,73)60(30(8)81-46)83-32(10)63/h16,18,25-30,35-36,38-40,42-46,50-52,56-60,64,66-70,73H,14-15,17,19-23H2,1-13H3/t25-,26-,27-,28-,29-,30+,35+,36-,38+,39+,40-,42-,43+,44+,45+,46+,50-,51-,52+,56-,57-,58+,59+,60+,61-/m1/s1. The maximum absolute atomic E-state index is 15.3. The molecule has 494 valence electrons. The predicted molar refractivity (Wildman–Crippen MR) is 301 cm³/mol. The van der Waals surface area contributed by atoms with Crippen molar-refractivity contribution < 1.29 is 131 Å². The van der Waals surface area contributed by atoms with Gasteiger partial charge in [-0.2, -0.15) is 0 Å². The number of methoxy groups -OCH3 is 2. The number of ether oxygens (including phenoxy) is 15. The first-order chi connectivity index (χ1) is 41.4. The van der Waals surface area contributed by atoms with Crippen molar-refractivity contribution in [2.24, 2.45) is 5.92 Å². The minimum atomic E-state index is -1.96. The zero-order valence-electron chi connectivity index (χ0n) is 52.0. The van der Waals surface area contributed by atoms with Gasteiger partial charge < -0.3 is 107 Å². The van der Waals surface area contributed by atoms with Crippen LogP contribution < -0.4 is 4.74 Å². The number of aromatic hydroxyl groups is 2. The SMILES string of the molecule is CCCC(=O)O[C@H](C)[C@H](O)C(=O)[C@@H](OC)[C@@H]1Cc2cc3cc(O[C@H]4C[C@@H](O[C@@H]5C[C@@H](O)[C@H](OC)[C@@H](C)O5)[C@H](OC(C)=O)[C@@H](C)O4)c(C)c(O)c3c(O)c2C(=O)[C@H]1O[C@H]1C[C@H](O[C@H]2C[C@H](O[C@H]3C[C@@](C)(O)[C@@H](OC(C)=O)[C@H](C)O3)[C@H](O)[C@@H](C)O2)[C@H](O)[C@@H](C)O1. The van der Waals surface area contributed by atoms with Gasteiger partial charge in [-0.25, -0.2) is 0 Å². The number of aliphatic hydroxyl groups excluding tert-OH is 4. The number of phenolic OH excluding ortho intramolecular Hbond substituents is 2. The first kappa shape index (κ1) is 69.1. The number of hydrogen-bond acceptors (Lipinski definition) is 27. The Balaban J connectivity index is 1.06. The number of aliphatic hydroxyl groups is 5. The van der Waals surface area contributed by atoms with Gasteiger partial charge in [0.25, 0.3) is 0 Å². The molecular formula is C61H88O27. The Morgan fingerprint density at radius 2 is 1.26 bits per heavy atom. The fourth-order valence-electron chi connectivity index (χ4n) is 13.0. The van der Waals surface area contributed by atoms with E-state index in [1.807, 2.05) is 0 Å². The second kappa shape index (κ2) is 28.8. The van der Waals surface area contributed by atoms with Gasteiger partial charge in [0, 0.05) is 78.1 Å². The molecule has 7 N–H and O–H groups in total. The van der Waals surface area contributed by atoms with Gasteiger partial charge in [-0.3, -0.25) is 24.0 Å². The predicted octanol–water partition coefficient (Wildman–Crippen LogP) is 2.90. The van der Waals surface area contributed by atoms with Crippen molar-refractivity contribution in [3.8, 4) is 17.2 Å². The second-order valence-corrected chi connectivity index (χ2v) is 24.3. The Hall–Kier alpha value is -4.79. The van der Waals surface area contributed by atoms with Crippen molar-refractivity contribution in [1.29, 1.82) is 0 Å². The highest BCUT2D eigenvalue weighted by Crippen LogP contribution is 2.48.